The largest absolute Gasteiger partial charge is 0.280 e. The molecule has 0 aromatic rings. The maximum absolute atomic E-state index is 11.5. The summed E-state index contributed by atoms with van der Waals surface area (Å²) in [5.74, 6) is 5.60. The number of hydrogen-bond acceptors (Lipinski definition) is 2. The Kier molecular flexibility index (Phi) is 2.19. The average Bonchev–Trinajstić information content (AvgIpc) is 2.49. The number of rotatable bonds is 1. The summed E-state index contributed by atoms with van der Waals surface area (Å²) in [5, 5.41) is 1.33. The Morgan fingerprint density at radius 3 is 2.85 bits per heavy atom. The third-order valence-electron chi connectivity index (χ3n) is 2.67. The van der Waals surface area contributed by atoms with Crippen LogP contribution >= 0.6 is 0 Å². The van der Waals surface area contributed by atoms with Crippen LogP contribution in [0.2, 0.25) is 0 Å². The van der Waals surface area contributed by atoms with Crippen LogP contribution in [0.25, 0.3) is 0 Å². The molecule has 13 heavy (non-hydrogen) atoms. The summed E-state index contributed by atoms with van der Waals surface area (Å²) in [5.41, 5.74) is 1.16. The molecule has 0 radical (unpaired) electrons. The minimum atomic E-state index is 0.0292. The molecule has 0 aromatic carbocycles. The minimum Gasteiger partial charge on any atom is -0.280 e. The molecule has 1 saturated heterocycles. The van der Waals surface area contributed by atoms with Gasteiger partial charge in [0.15, 0.2) is 0 Å². The number of allylic oxidation sites excluding steroid dienone is 3. The van der Waals surface area contributed by atoms with Crippen molar-refractivity contribution in [3.63, 3.8) is 0 Å². The molecule has 1 aliphatic heterocycles. The lowest BCUT2D eigenvalue weighted by Crippen LogP contribution is -2.34. The first-order valence-electron chi connectivity index (χ1n) is 4.71. The van der Waals surface area contributed by atoms with Crippen LogP contribution < -0.4 is 5.84 Å². The van der Waals surface area contributed by atoms with Gasteiger partial charge in [-0.1, -0.05) is 18.2 Å². The molecule has 70 valence electrons. The molecule has 1 aliphatic carbocycles. The minimum absolute atomic E-state index is 0.0292. The maximum Gasteiger partial charge on any atom is 0.244 e. The third kappa shape index (κ3) is 1.52. The van der Waals surface area contributed by atoms with Crippen molar-refractivity contribution in [2.75, 3.05) is 6.54 Å². The molecule has 3 heteroatoms. The summed E-state index contributed by atoms with van der Waals surface area (Å²) in [6.07, 6.45) is 9.36. The van der Waals surface area contributed by atoms with Gasteiger partial charge in [-0.3, -0.25) is 9.80 Å². The monoisotopic (exact) mass is 178 g/mol. The van der Waals surface area contributed by atoms with Gasteiger partial charge < -0.3 is 0 Å². The molecule has 1 unspecified atom stereocenters. The highest BCUT2D eigenvalue weighted by Gasteiger charge is 2.31. The third-order valence-corrected chi connectivity index (χ3v) is 2.67. The van der Waals surface area contributed by atoms with E-state index >= 15 is 0 Å². The van der Waals surface area contributed by atoms with Crippen LogP contribution in [0.3, 0.4) is 0 Å². The molecule has 1 atom stereocenters. The predicted molar refractivity (Wildman–Crippen MR) is 50.5 cm³/mol. The molecule has 3 nitrogen and oxygen atoms in total. The van der Waals surface area contributed by atoms with Crippen molar-refractivity contribution >= 4 is 5.91 Å². The maximum atomic E-state index is 11.5. The Morgan fingerprint density at radius 1 is 1.46 bits per heavy atom. The van der Waals surface area contributed by atoms with Gasteiger partial charge in [-0.05, 0) is 24.8 Å². The van der Waals surface area contributed by atoms with Crippen LogP contribution in [-0.4, -0.2) is 17.5 Å². The van der Waals surface area contributed by atoms with Crippen molar-refractivity contribution in [3.8, 4) is 0 Å². The molecule has 1 heterocycles. The number of carbonyl (C=O) groups excluding carboxylic acids is 1. The van der Waals surface area contributed by atoms with E-state index in [-0.39, 0.29) is 11.8 Å². The fourth-order valence-electron chi connectivity index (χ4n) is 1.90. The Morgan fingerprint density at radius 2 is 2.31 bits per heavy atom. The average molecular weight is 178 g/mol. The van der Waals surface area contributed by atoms with Gasteiger partial charge in [0.2, 0.25) is 5.91 Å². The molecule has 0 spiro atoms. The van der Waals surface area contributed by atoms with Gasteiger partial charge in [-0.25, -0.2) is 5.84 Å². The molecule has 1 fully saturated rings. The standard InChI is InChI=1S/C10H14N2O/c11-12-7-6-9(10(12)13)8-4-2-1-3-5-8/h2,4-5,9H,1,3,6-7,11H2. The van der Waals surface area contributed by atoms with Crippen molar-refractivity contribution in [1.29, 1.82) is 0 Å². The highest BCUT2D eigenvalue weighted by Crippen LogP contribution is 2.26. The zero-order valence-electron chi connectivity index (χ0n) is 7.57. The smallest absolute Gasteiger partial charge is 0.244 e. The number of hydrazine groups is 1. The van der Waals surface area contributed by atoms with Crippen LogP contribution in [0.5, 0.6) is 0 Å². The fraction of sp³-hybridized carbons (Fsp3) is 0.500. The van der Waals surface area contributed by atoms with Crippen molar-refractivity contribution in [1.82, 2.24) is 5.01 Å². The normalized spacial score (nSPS) is 28.1. The van der Waals surface area contributed by atoms with E-state index in [1.54, 1.807) is 0 Å². The molecule has 2 N–H and O–H groups in total. The zero-order valence-corrected chi connectivity index (χ0v) is 7.57. The Labute approximate surface area is 77.9 Å². The summed E-state index contributed by atoms with van der Waals surface area (Å²) in [7, 11) is 0. The van der Waals surface area contributed by atoms with Crippen LogP contribution in [0, 0.1) is 5.92 Å². The summed E-state index contributed by atoms with van der Waals surface area (Å²) in [4.78, 5) is 11.5. The molecular formula is C10H14N2O. The molecule has 0 aromatic heterocycles. The molecule has 0 saturated carbocycles. The lowest BCUT2D eigenvalue weighted by molar-refractivity contribution is -0.130. The SMILES string of the molecule is NN1CCC(C2=CCCC=C2)C1=O. The van der Waals surface area contributed by atoms with Crippen LogP contribution in [0.15, 0.2) is 23.8 Å². The van der Waals surface area contributed by atoms with E-state index in [1.165, 1.54) is 5.01 Å². The zero-order chi connectivity index (χ0) is 9.26. The van der Waals surface area contributed by atoms with Crippen LogP contribution in [0.4, 0.5) is 0 Å². The van der Waals surface area contributed by atoms with Crippen LogP contribution in [0.1, 0.15) is 19.3 Å². The Balaban J connectivity index is 2.13. The Bertz CT molecular complexity index is 281. The lowest BCUT2D eigenvalue weighted by atomic mass is 9.93. The predicted octanol–water partition coefficient (Wildman–Crippen LogP) is 0.985. The number of nitrogens with zero attached hydrogens (tertiary/aromatic N) is 1. The van der Waals surface area contributed by atoms with Crippen LogP contribution in [-0.2, 0) is 4.79 Å². The van der Waals surface area contributed by atoms with E-state index in [1.807, 2.05) is 0 Å². The van der Waals surface area contributed by atoms with Gasteiger partial charge in [0.05, 0.1) is 5.92 Å². The van der Waals surface area contributed by atoms with Crippen molar-refractivity contribution < 1.29 is 4.79 Å². The van der Waals surface area contributed by atoms with E-state index in [9.17, 15) is 4.79 Å². The lowest BCUT2D eigenvalue weighted by Gasteiger charge is -2.13. The van der Waals surface area contributed by atoms with Crippen molar-refractivity contribution in [2.45, 2.75) is 19.3 Å². The van der Waals surface area contributed by atoms with Crippen molar-refractivity contribution in [3.05, 3.63) is 23.8 Å². The second-order valence-corrected chi connectivity index (χ2v) is 3.56. The molecule has 0 bridgehead atoms. The van der Waals surface area contributed by atoms with E-state index < -0.39 is 0 Å². The van der Waals surface area contributed by atoms with E-state index in [0.29, 0.717) is 6.54 Å². The first-order chi connectivity index (χ1) is 6.29. The topological polar surface area (TPSA) is 46.3 Å². The number of nitrogens with two attached hydrogens (primary N) is 1. The summed E-state index contributed by atoms with van der Waals surface area (Å²) in [6, 6.07) is 0. The van der Waals surface area contributed by atoms with E-state index in [4.69, 9.17) is 5.84 Å². The number of carbonyl (C=O) groups is 1. The summed E-state index contributed by atoms with van der Waals surface area (Å²) < 4.78 is 0. The summed E-state index contributed by atoms with van der Waals surface area (Å²) >= 11 is 0. The second kappa shape index (κ2) is 3.34. The van der Waals surface area contributed by atoms with Gasteiger partial charge in [0.1, 0.15) is 0 Å². The quantitative estimate of drug-likeness (QED) is 0.480. The molecular weight excluding hydrogens is 164 g/mol. The number of amides is 1. The van der Waals surface area contributed by atoms with Gasteiger partial charge in [0.25, 0.3) is 0 Å². The van der Waals surface area contributed by atoms with Gasteiger partial charge in [-0.2, -0.15) is 0 Å². The second-order valence-electron chi connectivity index (χ2n) is 3.56. The molecule has 2 aliphatic rings. The fourth-order valence-corrected chi connectivity index (χ4v) is 1.90. The first-order valence-corrected chi connectivity index (χ1v) is 4.71. The van der Waals surface area contributed by atoms with E-state index in [0.717, 1.165) is 24.8 Å². The Hall–Kier alpha value is -1.09. The van der Waals surface area contributed by atoms with Crippen molar-refractivity contribution in [2.24, 2.45) is 11.8 Å². The van der Waals surface area contributed by atoms with E-state index in [2.05, 4.69) is 18.2 Å². The summed E-state index contributed by atoms with van der Waals surface area (Å²) in [6.45, 7) is 0.689. The highest BCUT2D eigenvalue weighted by molar-refractivity contribution is 5.83. The molecule has 1 amide bonds. The first kappa shape index (κ1) is 8.51. The molecule has 2 rings (SSSR count). The van der Waals surface area contributed by atoms with Gasteiger partial charge in [-0.15, -0.1) is 0 Å². The van der Waals surface area contributed by atoms with Gasteiger partial charge in [0, 0.05) is 6.54 Å². The number of hydrogen-bond donors (Lipinski definition) is 1. The highest BCUT2D eigenvalue weighted by atomic mass is 16.2. The van der Waals surface area contributed by atoms with Gasteiger partial charge >= 0.3 is 0 Å².